The molecule has 0 bridgehead atoms. The molecule has 1 saturated heterocycles. The van der Waals surface area contributed by atoms with E-state index in [1.165, 1.54) is 15.8 Å². The van der Waals surface area contributed by atoms with Crippen LogP contribution in [0.2, 0.25) is 0 Å². The van der Waals surface area contributed by atoms with Gasteiger partial charge in [0, 0.05) is 24.0 Å². The van der Waals surface area contributed by atoms with E-state index in [2.05, 4.69) is 23.7 Å². The van der Waals surface area contributed by atoms with E-state index in [-0.39, 0.29) is 6.04 Å². The Morgan fingerprint density at radius 2 is 2.05 bits per heavy atom. The molecule has 0 amide bonds. The van der Waals surface area contributed by atoms with Crippen molar-refractivity contribution in [1.29, 1.82) is 0 Å². The van der Waals surface area contributed by atoms with E-state index in [4.69, 9.17) is 10.7 Å². The molecular formula is C14H20N4S. The Balaban J connectivity index is 2.16. The highest BCUT2D eigenvalue weighted by Gasteiger charge is 2.22. The van der Waals surface area contributed by atoms with Gasteiger partial charge in [-0.25, -0.2) is 9.97 Å². The monoisotopic (exact) mass is 276 g/mol. The second kappa shape index (κ2) is 4.72. The largest absolute Gasteiger partial charge is 0.354 e. The van der Waals surface area contributed by atoms with Gasteiger partial charge >= 0.3 is 0 Å². The molecule has 2 N–H and O–H groups in total. The minimum Gasteiger partial charge on any atom is -0.354 e. The van der Waals surface area contributed by atoms with Crippen LogP contribution in [0.3, 0.4) is 0 Å². The maximum atomic E-state index is 6.11. The zero-order valence-electron chi connectivity index (χ0n) is 11.7. The lowest BCUT2D eigenvalue weighted by atomic mass is 10.1. The molecule has 0 aromatic carbocycles. The Morgan fingerprint density at radius 3 is 2.79 bits per heavy atom. The van der Waals surface area contributed by atoms with Crippen molar-refractivity contribution in [3.8, 4) is 0 Å². The molecule has 3 rings (SSSR count). The third-order valence-corrected chi connectivity index (χ3v) is 4.98. The van der Waals surface area contributed by atoms with Gasteiger partial charge in [0.2, 0.25) is 0 Å². The van der Waals surface area contributed by atoms with Crippen molar-refractivity contribution in [2.75, 3.05) is 18.0 Å². The SMILES string of the molecule is Cc1nc(N2CCCC(N)C2)c2c(C)c(C)sc2n1. The van der Waals surface area contributed by atoms with Crippen molar-refractivity contribution >= 4 is 27.4 Å². The minimum absolute atomic E-state index is 0.263. The number of nitrogens with zero attached hydrogens (tertiary/aromatic N) is 3. The van der Waals surface area contributed by atoms with E-state index in [1.54, 1.807) is 11.3 Å². The van der Waals surface area contributed by atoms with Gasteiger partial charge < -0.3 is 10.6 Å². The summed E-state index contributed by atoms with van der Waals surface area (Å²) in [4.78, 5) is 14.1. The molecule has 5 heteroatoms. The van der Waals surface area contributed by atoms with Crippen LogP contribution in [0.1, 0.15) is 29.1 Å². The Hall–Kier alpha value is -1.20. The van der Waals surface area contributed by atoms with Crippen LogP contribution in [-0.2, 0) is 0 Å². The molecule has 2 aromatic heterocycles. The molecular weight excluding hydrogens is 256 g/mol. The van der Waals surface area contributed by atoms with Crippen molar-refractivity contribution in [2.45, 2.75) is 39.7 Å². The molecule has 1 fully saturated rings. The fourth-order valence-electron chi connectivity index (χ4n) is 2.76. The maximum absolute atomic E-state index is 6.11. The van der Waals surface area contributed by atoms with Gasteiger partial charge in [-0.15, -0.1) is 11.3 Å². The highest BCUT2D eigenvalue weighted by Crippen LogP contribution is 2.35. The third-order valence-electron chi connectivity index (χ3n) is 3.88. The molecule has 3 heterocycles. The van der Waals surface area contributed by atoms with Crippen LogP contribution in [0.5, 0.6) is 0 Å². The standard InChI is InChI=1S/C14H20N4S/c1-8-9(2)19-14-12(8)13(16-10(3)17-14)18-6-4-5-11(15)7-18/h11H,4-7,15H2,1-3H3. The van der Waals surface area contributed by atoms with Crippen LogP contribution in [0.25, 0.3) is 10.2 Å². The number of hydrogen-bond donors (Lipinski definition) is 1. The fraction of sp³-hybridized carbons (Fsp3) is 0.571. The first kappa shape index (κ1) is 12.8. The summed E-state index contributed by atoms with van der Waals surface area (Å²) in [6.07, 6.45) is 2.26. The van der Waals surface area contributed by atoms with Crippen LogP contribution in [0.15, 0.2) is 0 Å². The molecule has 4 nitrogen and oxygen atoms in total. The lowest BCUT2D eigenvalue weighted by Crippen LogP contribution is -2.43. The topological polar surface area (TPSA) is 55.0 Å². The average Bonchev–Trinajstić information content (AvgIpc) is 2.64. The summed E-state index contributed by atoms with van der Waals surface area (Å²) < 4.78 is 0. The van der Waals surface area contributed by atoms with Crippen LogP contribution in [-0.4, -0.2) is 29.1 Å². The number of aromatic nitrogens is 2. The lowest BCUT2D eigenvalue weighted by Gasteiger charge is -2.32. The number of anilines is 1. The van der Waals surface area contributed by atoms with E-state index >= 15 is 0 Å². The van der Waals surface area contributed by atoms with E-state index in [0.29, 0.717) is 0 Å². The van der Waals surface area contributed by atoms with E-state index in [9.17, 15) is 0 Å². The van der Waals surface area contributed by atoms with Gasteiger partial charge in [-0.05, 0) is 39.2 Å². The molecule has 2 aromatic rings. The van der Waals surface area contributed by atoms with Crippen molar-refractivity contribution in [2.24, 2.45) is 5.73 Å². The summed E-state index contributed by atoms with van der Waals surface area (Å²) in [6.45, 7) is 8.24. The van der Waals surface area contributed by atoms with E-state index in [0.717, 1.165) is 42.4 Å². The van der Waals surface area contributed by atoms with Crippen LogP contribution in [0, 0.1) is 20.8 Å². The Kier molecular flexibility index (Phi) is 3.19. The second-order valence-corrected chi connectivity index (χ2v) is 6.61. The number of nitrogens with two attached hydrogens (primary N) is 1. The zero-order chi connectivity index (χ0) is 13.6. The number of rotatable bonds is 1. The third kappa shape index (κ3) is 2.21. The van der Waals surface area contributed by atoms with Crippen LogP contribution in [0.4, 0.5) is 5.82 Å². The Bertz CT molecular complexity index is 619. The normalized spacial score (nSPS) is 20.2. The molecule has 0 saturated carbocycles. The number of thiophene rings is 1. The van der Waals surface area contributed by atoms with Gasteiger partial charge in [0.05, 0.1) is 5.39 Å². The molecule has 1 atom stereocenters. The van der Waals surface area contributed by atoms with Crippen molar-refractivity contribution in [1.82, 2.24) is 9.97 Å². The molecule has 0 aliphatic carbocycles. The average molecular weight is 276 g/mol. The van der Waals surface area contributed by atoms with Crippen LogP contribution < -0.4 is 10.6 Å². The van der Waals surface area contributed by atoms with Crippen molar-refractivity contribution < 1.29 is 0 Å². The van der Waals surface area contributed by atoms with Gasteiger partial charge in [0.15, 0.2) is 0 Å². The summed E-state index contributed by atoms with van der Waals surface area (Å²) in [7, 11) is 0. The van der Waals surface area contributed by atoms with Gasteiger partial charge in [-0.1, -0.05) is 0 Å². The van der Waals surface area contributed by atoms with Gasteiger partial charge in [-0.2, -0.15) is 0 Å². The van der Waals surface area contributed by atoms with Crippen molar-refractivity contribution in [3.05, 3.63) is 16.3 Å². The summed E-state index contributed by atoms with van der Waals surface area (Å²) in [5.41, 5.74) is 7.42. The predicted molar refractivity (Wildman–Crippen MR) is 81.0 cm³/mol. The molecule has 1 unspecified atom stereocenters. The summed E-state index contributed by atoms with van der Waals surface area (Å²) in [5.74, 6) is 1.93. The first-order chi connectivity index (χ1) is 9.06. The molecule has 19 heavy (non-hydrogen) atoms. The molecule has 102 valence electrons. The quantitative estimate of drug-likeness (QED) is 0.869. The molecule has 1 aliphatic heterocycles. The van der Waals surface area contributed by atoms with Gasteiger partial charge in [0.1, 0.15) is 16.5 Å². The highest BCUT2D eigenvalue weighted by molar-refractivity contribution is 7.18. The Labute approximate surface area is 117 Å². The predicted octanol–water partition coefficient (Wildman–Crippen LogP) is 2.54. The fourth-order valence-corrected chi connectivity index (χ4v) is 3.83. The summed E-state index contributed by atoms with van der Waals surface area (Å²) in [5, 5.41) is 1.22. The summed E-state index contributed by atoms with van der Waals surface area (Å²) >= 11 is 1.76. The smallest absolute Gasteiger partial charge is 0.141 e. The lowest BCUT2D eigenvalue weighted by molar-refractivity contribution is 0.504. The second-order valence-electron chi connectivity index (χ2n) is 5.41. The molecule has 1 aliphatic rings. The number of fused-ring (bicyclic) bond motifs is 1. The first-order valence-corrected chi connectivity index (χ1v) is 7.63. The van der Waals surface area contributed by atoms with E-state index in [1.807, 2.05) is 6.92 Å². The minimum atomic E-state index is 0.263. The van der Waals surface area contributed by atoms with E-state index < -0.39 is 0 Å². The Morgan fingerprint density at radius 1 is 1.26 bits per heavy atom. The summed E-state index contributed by atoms with van der Waals surface area (Å²) in [6, 6.07) is 0.263. The number of piperidine rings is 1. The molecule has 0 spiro atoms. The number of hydrogen-bond acceptors (Lipinski definition) is 5. The van der Waals surface area contributed by atoms with Crippen LogP contribution >= 0.6 is 11.3 Å². The zero-order valence-corrected chi connectivity index (χ0v) is 12.5. The highest BCUT2D eigenvalue weighted by atomic mass is 32.1. The first-order valence-electron chi connectivity index (χ1n) is 6.81. The number of aryl methyl sites for hydroxylation is 3. The van der Waals surface area contributed by atoms with Crippen molar-refractivity contribution in [3.63, 3.8) is 0 Å². The van der Waals surface area contributed by atoms with Gasteiger partial charge in [0.25, 0.3) is 0 Å². The molecule has 0 radical (unpaired) electrons. The van der Waals surface area contributed by atoms with Gasteiger partial charge in [-0.3, -0.25) is 0 Å². The maximum Gasteiger partial charge on any atom is 0.141 e.